The second kappa shape index (κ2) is 5.46. The topological polar surface area (TPSA) is 67.5 Å². The Morgan fingerprint density at radius 1 is 1.73 bits per heavy atom. The van der Waals surface area contributed by atoms with Gasteiger partial charge in [0, 0.05) is 25.9 Å². The van der Waals surface area contributed by atoms with E-state index in [0.29, 0.717) is 12.2 Å². The Morgan fingerprint density at radius 3 is 2.82 bits per heavy atom. The second-order valence-electron chi connectivity index (χ2n) is 2.06. The molecule has 1 amide bonds. The Balaban J connectivity index is 3.68. The Morgan fingerprint density at radius 2 is 2.36 bits per heavy atom. The molecule has 0 saturated heterocycles. The molecule has 0 rings (SSSR count). The minimum Gasteiger partial charge on any atom is -0.401 e. The lowest BCUT2D eigenvalue weighted by molar-refractivity contribution is -0.118. The van der Waals surface area contributed by atoms with E-state index in [0.717, 1.165) is 0 Å². The number of nitrogens with one attached hydrogen (secondary N) is 1. The van der Waals surface area contributed by atoms with Crippen molar-refractivity contribution in [1.29, 1.82) is 0 Å². The Bertz CT molecular complexity index is 184. The van der Waals surface area contributed by atoms with Crippen molar-refractivity contribution in [3.63, 3.8) is 0 Å². The van der Waals surface area contributed by atoms with E-state index >= 15 is 0 Å². The molecule has 62 valence electrons. The molecule has 0 spiro atoms. The summed E-state index contributed by atoms with van der Waals surface area (Å²) in [4.78, 5) is 14.1. The Hall–Kier alpha value is -1.32. The fourth-order valence-electron chi connectivity index (χ4n) is 0.456. The number of hydrogen-bond donors (Lipinski definition) is 2. The molecular formula is C7H13N3O. The monoisotopic (exact) mass is 155 g/mol. The van der Waals surface area contributed by atoms with Crippen LogP contribution in [0.5, 0.6) is 0 Å². The molecule has 4 nitrogen and oxygen atoms in total. The van der Waals surface area contributed by atoms with Crippen LogP contribution in [0.3, 0.4) is 0 Å². The highest BCUT2D eigenvalue weighted by molar-refractivity contribution is 5.74. The van der Waals surface area contributed by atoms with Crippen LogP contribution in [0.15, 0.2) is 16.8 Å². The third-order valence-corrected chi connectivity index (χ3v) is 0.979. The van der Waals surface area contributed by atoms with Gasteiger partial charge in [-0.15, -0.1) is 0 Å². The first-order valence-electron chi connectivity index (χ1n) is 3.28. The summed E-state index contributed by atoms with van der Waals surface area (Å²) in [5.74, 6) is -0.0882. The number of nitrogens with zero attached hydrogens (tertiary/aromatic N) is 1. The smallest absolute Gasteiger partial charge is 0.217 e. The number of aliphatic imine (C=N–C) groups is 1. The van der Waals surface area contributed by atoms with E-state index in [1.807, 2.05) is 0 Å². The number of hydrogen-bond acceptors (Lipinski definition) is 3. The quantitative estimate of drug-likeness (QED) is 0.548. The zero-order valence-corrected chi connectivity index (χ0v) is 6.79. The number of carbonyl (C=O) groups excluding carboxylic acids is 1. The number of allylic oxidation sites excluding steroid dienone is 1. The van der Waals surface area contributed by atoms with E-state index in [1.165, 1.54) is 6.92 Å². The van der Waals surface area contributed by atoms with Gasteiger partial charge >= 0.3 is 0 Å². The molecule has 0 aliphatic heterocycles. The third kappa shape index (κ3) is 6.57. The van der Waals surface area contributed by atoms with E-state index in [-0.39, 0.29) is 5.91 Å². The van der Waals surface area contributed by atoms with E-state index in [2.05, 4.69) is 10.3 Å². The van der Waals surface area contributed by atoms with Gasteiger partial charge in [0.2, 0.25) is 5.91 Å². The van der Waals surface area contributed by atoms with Crippen LogP contribution in [0.4, 0.5) is 0 Å². The van der Waals surface area contributed by atoms with E-state index in [1.54, 1.807) is 19.3 Å². The first-order valence-corrected chi connectivity index (χ1v) is 3.28. The van der Waals surface area contributed by atoms with Gasteiger partial charge in [0.25, 0.3) is 0 Å². The normalized spacial score (nSPS) is 12.0. The summed E-state index contributed by atoms with van der Waals surface area (Å²) in [6.45, 7) is 1.82. The molecule has 0 bridgehead atoms. The summed E-state index contributed by atoms with van der Waals surface area (Å²) in [6.07, 6.45) is 3.23. The molecule has 0 radical (unpaired) electrons. The van der Waals surface area contributed by atoms with Gasteiger partial charge in [-0.2, -0.15) is 0 Å². The molecule has 0 heterocycles. The molecule has 0 saturated carbocycles. The Labute approximate surface area is 66.2 Å². The zero-order valence-electron chi connectivity index (χ0n) is 6.79. The van der Waals surface area contributed by atoms with Crippen molar-refractivity contribution in [2.45, 2.75) is 6.92 Å². The number of amides is 1. The summed E-state index contributed by atoms with van der Waals surface area (Å²) in [5, 5.41) is 2.56. The molecular weight excluding hydrogens is 142 g/mol. The van der Waals surface area contributed by atoms with Gasteiger partial charge in [-0.25, -0.2) is 0 Å². The van der Waals surface area contributed by atoms with Crippen LogP contribution in [-0.2, 0) is 4.79 Å². The largest absolute Gasteiger partial charge is 0.401 e. The lowest BCUT2D eigenvalue weighted by Crippen LogP contribution is -2.25. The summed E-state index contributed by atoms with van der Waals surface area (Å²) in [6, 6.07) is 0. The molecule has 0 aliphatic carbocycles. The number of nitrogens with two attached hydrogens (primary N) is 1. The van der Waals surface area contributed by atoms with Gasteiger partial charge in [-0.1, -0.05) is 0 Å². The molecule has 0 aromatic rings. The molecule has 3 N–H and O–H groups in total. The lowest BCUT2D eigenvalue weighted by Gasteiger charge is -1.99. The highest BCUT2D eigenvalue weighted by Gasteiger charge is 1.90. The molecule has 0 aliphatic rings. The predicted molar refractivity (Wildman–Crippen MR) is 45.4 cm³/mol. The SMILES string of the molecule is CN=CC=C(N)CNC(C)=O. The van der Waals surface area contributed by atoms with Gasteiger partial charge < -0.3 is 11.1 Å². The summed E-state index contributed by atoms with van der Waals surface area (Å²) in [7, 11) is 1.65. The molecule has 0 aromatic heterocycles. The first-order chi connectivity index (χ1) is 5.16. The second-order valence-corrected chi connectivity index (χ2v) is 2.06. The van der Waals surface area contributed by atoms with Crippen molar-refractivity contribution in [3.05, 3.63) is 11.8 Å². The number of carbonyl (C=O) groups is 1. The fraction of sp³-hybridized carbons (Fsp3) is 0.429. The van der Waals surface area contributed by atoms with Crippen LogP contribution < -0.4 is 11.1 Å². The maximum atomic E-state index is 10.4. The van der Waals surface area contributed by atoms with E-state index in [9.17, 15) is 4.79 Å². The average molecular weight is 155 g/mol. The van der Waals surface area contributed by atoms with Gasteiger partial charge in [-0.3, -0.25) is 9.79 Å². The minimum absolute atomic E-state index is 0.0882. The highest BCUT2D eigenvalue weighted by atomic mass is 16.1. The maximum absolute atomic E-state index is 10.4. The van der Waals surface area contributed by atoms with Crippen molar-refractivity contribution in [2.75, 3.05) is 13.6 Å². The molecule has 0 fully saturated rings. The van der Waals surface area contributed by atoms with Crippen LogP contribution >= 0.6 is 0 Å². The molecule has 0 atom stereocenters. The van der Waals surface area contributed by atoms with Crippen LogP contribution in [0.25, 0.3) is 0 Å². The summed E-state index contributed by atoms with van der Waals surface area (Å²) >= 11 is 0. The van der Waals surface area contributed by atoms with Gasteiger partial charge in [0.15, 0.2) is 0 Å². The third-order valence-electron chi connectivity index (χ3n) is 0.979. The standard InChI is InChI=1S/C7H13N3O/c1-6(11)10-5-7(8)3-4-9-2/h3-4H,5,8H2,1-2H3,(H,10,11). The Kier molecular flexibility index (Phi) is 4.81. The molecule has 0 aromatic carbocycles. The maximum Gasteiger partial charge on any atom is 0.217 e. The van der Waals surface area contributed by atoms with Crippen LogP contribution in [0.2, 0.25) is 0 Å². The fourth-order valence-corrected chi connectivity index (χ4v) is 0.456. The minimum atomic E-state index is -0.0882. The number of rotatable bonds is 3. The van der Waals surface area contributed by atoms with Crippen molar-refractivity contribution in [2.24, 2.45) is 10.7 Å². The van der Waals surface area contributed by atoms with Crippen molar-refractivity contribution < 1.29 is 4.79 Å². The van der Waals surface area contributed by atoms with Gasteiger partial charge in [0.1, 0.15) is 0 Å². The van der Waals surface area contributed by atoms with E-state index in [4.69, 9.17) is 5.73 Å². The summed E-state index contributed by atoms with van der Waals surface area (Å²) in [5.41, 5.74) is 6.05. The predicted octanol–water partition coefficient (Wildman–Crippen LogP) is -0.334. The summed E-state index contributed by atoms with van der Waals surface area (Å²) < 4.78 is 0. The van der Waals surface area contributed by atoms with Crippen LogP contribution in [0.1, 0.15) is 6.92 Å². The van der Waals surface area contributed by atoms with Crippen molar-refractivity contribution in [1.82, 2.24) is 5.32 Å². The average Bonchev–Trinajstić information content (AvgIpc) is 1.97. The zero-order chi connectivity index (χ0) is 8.69. The first kappa shape index (κ1) is 9.68. The van der Waals surface area contributed by atoms with Gasteiger partial charge in [0.05, 0.1) is 6.54 Å². The molecule has 4 heteroatoms. The van der Waals surface area contributed by atoms with Crippen LogP contribution in [-0.4, -0.2) is 25.7 Å². The van der Waals surface area contributed by atoms with E-state index < -0.39 is 0 Å². The lowest BCUT2D eigenvalue weighted by atomic mass is 10.4. The van der Waals surface area contributed by atoms with Crippen molar-refractivity contribution in [3.8, 4) is 0 Å². The highest BCUT2D eigenvalue weighted by Crippen LogP contribution is 1.77. The van der Waals surface area contributed by atoms with Crippen molar-refractivity contribution >= 4 is 12.1 Å². The molecule has 0 unspecified atom stereocenters. The van der Waals surface area contributed by atoms with Crippen LogP contribution in [0, 0.1) is 0 Å². The van der Waals surface area contributed by atoms with Gasteiger partial charge in [-0.05, 0) is 6.08 Å². The molecule has 11 heavy (non-hydrogen) atoms.